The zero-order chi connectivity index (χ0) is 22.9. The topological polar surface area (TPSA) is 118 Å². The predicted octanol–water partition coefficient (Wildman–Crippen LogP) is 3.42. The number of benzene rings is 1. The number of nitrogens with two attached hydrogens (primary N) is 2. The summed E-state index contributed by atoms with van der Waals surface area (Å²) < 4.78 is 11.4. The second-order valence-electron chi connectivity index (χ2n) is 9.55. The number of hydrogen-bond acceptors (Lipinski definition) is 8. The SMILES string of the molecule is COCCO/N=C1\c2cc(OC3CCC(C)(N)CC3)ccc2-c2ncnc(N)c2C1(C)C. The molecule has 32 heavy (non-hydrogen) atoms. The molecule has 0 aliphatic heterocycles. The summed E-state index contributed by atoms with van der Waals surface area (Å²) in [5.41, 5.74) is 16.2. The summed E-state index contributed by atoms with van der Waals surface area (Å²) in [5, 5.41) is 4.52. The number of fused-ring (bicyclic) bond motifs is 3. The van der Waals surface area contributed by atoms with E-state index in [1.807, 2.05) is 18.2 Å². The van der Waals surface area contributed by atoms with Crippen molar-refractivity contribution in [2.24, 2.45) is 10.9 Å². The molecule has 0 bridgehead atoms. The van der Waals surface area contributed by atoms with Gasteiger partial charge in [-0.2, -0.15) is 0 Å². The Balaban J connectivity index is 1.72. The molecule has 8 nitrogen and oxygen atoms in total. The van der Waals surface area contributed by atoms with E-state index in [4.69, 9.17) is 25.8 Å². The van der Waals surface area contributed by atoms with E-state index in [9.17, 15) is 0 Å². The highest BCUT2D eigenvalue weighted by atomic mass is 16.6. The number of hydrogen-bond donors (Lipinski definition) is 2. The summed E-state index contributed by atoms with van der Waals surface area (Å²) in [6, 6.07) is 6.04. The maximum atomic E-state index is 6.36. The largest absolute Gasteiger partial charge is 0.490 e. The van der Waals surface area contributed by atoms with Crippen molar-refractivity contribution < 1.29 is 14.3 Å². The van der Waals surface area contributed by atoms with Crippen molar-refractivity contribution in [3.05, 3.63) is 35.7 Å². The normalized spacial score (nSPS) is 25.2. The summed E-state index contributed by atoms with van der Waals surface area (Å²) in [5.74, 6) is 1.25. The van der Waals surface area contributed by atoms with Gasteiger partial charge < -0.3 is 25.8 Å². The fourth-order valence-electron chi connectivity index (χ4n) is 4.63. The Morgan fingerprint density at radius 1 is 1.09 bits per heavy atom. The van der Waals surface area contributed by atoms with E-state index in [0.717, 1.165) is 59.5 Å². The molecule has 1 fully saturated rings. The third kappa shape index (κ3) is 4.29. The van der Waals surface area contributed by atoms with E-state index in [-0.39, 0.29) is 11.6 Å². The summed E-state index contributed by atoms with van der Waals surface area (Å²) in [7, 11) is 1.63. The highest BCUT2D eigenvalue weighted by Crippen LogP contribution is 2.45. The summed E-state index contributed by atoms with van der Waals surface area (Å²) >= 11 is 0. The molecule has 4 rings (SSSR count). The van der Waals surface area contributed by atoms with E-state index in [2.05, 4.69) is 35.9 Å². The highest BCUT2D eigenvalue weighted by molar-refractivity contribution is 6.15. The smallest absolute Gasteiger partial charge is 0.140 e. The van der Waals surface area contributed by atoms with E-state index in [0.29, 0.717) is 19.0 Å². The molecule has 1 heterocycles. The average molecular weight is 440 g/mol. The van der Waals surface area contributed by atoms with Gasteiger partial charge in [-0.15, -0.1) is 0 Å². The molecular formula is C24H33N5O3. The van der Waals surface area contributed by atoms with Gasteiger partial charge in [0.2, 0.25) is 0 Å². The molecule has 1 aromatic heterocycles. The first-order valence-electron chi connectivity index (χ1n) is 11.1. The lowest BCUT2D eigenvalue weighted by Crippen LogP contribution is -2.42. The van der Waals surface area contributed by atoms with Crippen LogP contribution in [0.25, 0.3) is 11.3 Å². The standard InChI is InChI=1S/C24H33N5O3/c1-23(2)19-20(27-14-28-22(19)25)17-6-5-16(32-15-7-9-24(3,26)10-8-15)13-18(17)21(23)29-31-12-11-30-4/h5-6,13-15H,7-12,26H2,1-4H3,(H2,25,27,28)/b29-21+. The molecule has 8 heteroatoms. The number of anilines is 1. The minimum absolute atomic E-state index is 0.0948. The Morgan fingerprint density at radius 3 is 2.56 bits per heavy atom. The van der Waals surface area contributed by atoms with Crippen LogP contribution in [-0.4, -0.2) is 47.6 Å². The van der Waals surface area contributed by atoms with Crippen LogP contribution in [0.2, 0.25) is 0 Å². The van der Waals surface area contributed by atoms with E-state index in [1.54, 1.807) is 7.11 Å². The van der Waals surface area contributed by atoms with Crippen molar-refractivity contribution in [1.29, 1.82) is 0 Å². The summed E-state index contributed by atoms with van der Waals surface area (Å²) in [6.07, 6.45) is 5.47. The first-order chi connectivity index (χ1) is 15.2. The Hall–Kier alpha value is -2.71. The first-order valence-corrected chi connectivity index (χ1v) is 11.1. The van der Waals surface area contributed by atoms with Gasteiger partial charge in [-0.1, -0.05) is 5.16 Å². The maximum Gasteiger partial charge on any atom is 0.140 e. The van der Waals surface area contributed by atoms with Crippen LogP contribution in [0.15, 0.2) is 29.7 Å². The first kappa shape index (κ1) is 22.5. The van der Waals surface area contributed by atoms with Gasteiger partial charge in [0.05, 0.1) is 24.1 Å². The van der Waals surface area contributed by atoms with Crippen molar-refractivity contribution in [2.75, 3.05) is 26.1 Å². The van der Waals surface area contributed by atoms with Crippen LogP contribution in [0.1, 0.15) is 57.6 Å². The number of ether oxygens (including phenoxy) is 2. The summed E-state index contributed by atoms with van der Waals surface area (Å²) in [6.45, 7) is 7.04. The van der Waals surface area contributed by atoms with E-state index >= 15 is 0 Å². The van der Waals surface area contributed by atoms with Crippen LogP contribution in [0.5, 0.6) is 5.75 Å². The number of aromatic nitrogens is 2. The number of nitrogens with zero attached hydrogens (tertiary/aromatic N) is 3. The number of methoxy groups -OCH3 is 1. The lowest BCUT2D eigenvalue weighted by Gasteiger charge is -2.36. The van der Waals surface area contributed by atoms with Crippen LogP contribution in [0.4, 0.5) is 5.82 Å². The second-order valence-corrected chi connectivity index (χ2v) is 9.55. The monoisotopic (exact) mass is 439 g/mol. The molecule has 172 valence electrons. The molecule has 2 aliphatic rings. The molecule has 2 aromatic rings. The van der Waals surface area contributed by atoms with Gasteiger partial charge in [0.15, 0.2) is 0 Å². The molecule has 0 atom stereocenters. The van der Waals surface area contributed by atoms with Crippen LogP contribution < -0.4 is 16.2 Å². The number of rotatable bonds is 6. The highest BCUT2D eigenvalue weighted by Gasteiger charge is 2.41. The van der Waals surface area contributed by atoms with Gasteiger partial charge in [0, 0.05) is 34.8 Å². The Bertz CT molecular complexity index is 1010. The molecule has 4 N–H and O–H groups in total. The number of oxime groups is 1. The zero-order valence-electron chi connectivity index (χ0n) is 19.4. The van der Waals surface area contributed by atoms with Crippen LogP contribution in [0.3, 0.4) is 0 Å². The molecule has 0 saturated heterocycles. The van der Waals surface area contributed by atoms with Gasteiger partial charge in [0.25, 0.3) is 0 Å². The molecule has 0 radical (unpaired) electrons. The van der Waals surface area contributed by atoms with Gasteiger partial charge >= 0.3 is 0 Å². The third-order valence-electron chi connectivity index (χ3n) is 6.51. The second kappa shape index (κ2) is 8.67. The summed E-state index contributed by atoms with van der Waals surface area (Å²) in [4.78, 5) is 14.4. The quantitative estimate of drug-likeness (QED) is 0.523. The average Bonchev–Trinajstić information content (AvgIpc) is 2.74. The fourth-order valence-corrected chi connectivity index (χ4v) is 4.63. The molecule has 1 aromatic carbocycles. The van der Waals surface area contributed by atoms with Gasteiger partial charge in [0.1, 0.15) is 24.5 Å². The van der Waals surface area contributed by atoms with Crippen molar-refractivity contribution in [1.82, 2.24) is 9.97 Å². The van der Waals surface area contributed by atoms with E-state index in [1.165, 1.54) is 6.33 Å². The van der Waals surface area contributed by atoms with Gasteiger partial charge in [-0.3, -0.25) is 0 Å². The van der Waals surface area contributed by atoms with Gasteiger partial charge in [-0.25, -0.2) is 9.97 Å². The van der Waals surface area contributed by atoms with Crippen LogP contribution in [-0.2, 0) is 15.0 Å². The van der Waals surface area contributed by atoms with Crippen LogP contribution >= 0.6 is 0 Å². The lowest BCUT2D eigenvalue weighted by molar-refractivity contribution is 0.0743. The van der Waals surface area contributed by atoms with Crippen molar-refractivity contribution in [3.63, 3.8) is 0 Å². The molecule has 0 spiro atoms. The Morgan fingerprint density at radius 2 is 1.84 bits per heavy atom. The van der Waals surface area contributed by atoms with Crippen LogP contribution in [0, 0.1) is 0 Å². The molecule has 0 amide bonds. The minimum atomic E-state index is -0.550. The third-order valence-corrected chi connectivity index (χ3v) is 6.51. The molecule has 1 saturated carbocycles. The molecule has 0 unspecified atom stereocenters. The fraction of sp³-hybridized carbons (Fsp3) is 0.542. The molecule has 2 aliphatic carbocycles. The minimum Gasteiger partial charge on any atom is -0.490 e. The number of nitrogen functional groups attached to an aromatic ring is 1. The van der Waals surface area contributed by atoms with E-state index < -0.39 is 5.41 Å². The van der Waals surface area contributed by atoms with Crippen molar-refractivity contribution >= 4 is 11.5 Å². The Kier molecular flexibility index (Phi) is 6.09. The Labute approximate surface area is 189 Å². The zero-order valence-corrected chi connectivity index (χ0v) is 19.4. The van der Waals surface area contributed by atoms with Crippen molar-refractivity contribution in [3.8, 4) is 17.0 Å². The maximum absolute atomic E-state index is 6.36. The van der Waals surface area contributed by atoms with Crippen molar-refractivity contribution in [2.45, 2.75) is 63.5 Å². The predicted molar refractivity (Wildman–Crippen MR) is 125 cm³/mol. The lowest BCUT2D eigenvalue weighted by atomic mass is 9.70. The van der Waals surface area contributed by atoms with Gasteiger partial charge in [-0.05, 0) is 64.7 Å². The molecular weight excluding hydrogens is 406 g/mol.